The van der Waals surface area contributed by atoms with E-state index >= 15 is 0 Å². The largest absolute Gasteiger partial charge is 0.497 e. The standard InChI is InChI=1S/C26H30N4O3S/c1-29-17-15-27-26(29)34-18-24(31)28-21-11-7-20(8-12-21)25(32)30-16-5-3-4-6-23(30)19-9-13-22(33-2)14-10-19/h7-15,17,23H,3-6,16,18H2,1-2H3,(H,28,31)/t23-/m0/s1. The molecule has 34 heavy (non-hydrogen) atoms. The van der Waals surface area contributed by atoms with Crippen molar-refractivity contribution in [3.8, 4) is 5.75 Å². The van der Waals surface area contributed by atoms with Gasteiger partial charge >= 0.3 is 0 Å². The number of anilines is 1. The quantitative estimate of drug-likeness (QED) is 0.488. The first-order valence-corrected chi connectivity index (χ1v) is 12.5. The molecule has 7 nitrogen and oxygen atoms in total. The lowest BCUT2D eigenvalue weighted by Gasteiger charge is -2.31. The van der Waals surface area contributed by atoms with Crippen LogP contribution in [0.3, 0.4) is 0 Å². The molecule has 1 aliphatic rings. The molecule has 1 fully saturated rings. The third-order valence-corrected chi connectivity index (χ3v) is 7.10. The second-order valence-corrected chi connectivity index (χ2v) is 9.31. The number of amides is 2. The number of hydrogen-bond donors (Lipinski definition) is 1. The number of benzene rings is 2. The van der Waals surface area contributed by atoms with Gasteiger partial charge in [-0.2, -0.15) is 0 Å². The normalized spacial score (nSPS) is 16.1. The highest BCUT2D eigenvalue weighted by Crippen LogP contribution is 2.32. The molecular formula is C26H30N4O3S. The zero-order chi connectivity index (χ0) is 23.9. The van der Waals surface area contributed by atoms with Crippen molar-refractivity contribution in [1.29, 1.82) is 0 Å². The molecule has 1 atom stereocenters. The van der Waals surface area contributed by atoms with E-state index in [1.165, 1.54) is 11.8 Å². The van der Waals surface area contributed by atoms with Gasteiger partial charge in [-0.3, -0.25) is 9.59 Å². The monoisotopic (exact) mass is 478 g/mol. The van der Waals surface area contributed by atoms with E-state index in [0.29, 0.717) is 11.3 Å². The molecular weight excluding hydrogens is 448 g/mol. The van der Waals surface area contributed by atoms with E-state index in [9.17, 15) is 9.59 Å². The number of likely N-dealkylation sites (tertiary alicyclic amines) is 1. The third-order valence-electron chi connectivity index (χ3n) is 6.04. The molecule has 4 rings (SSSR count). The fourth-order valence-electron chi connectivity index (χ4n) is 4.20. The number of ether oxygens (including phenoxy) is 1. The SMILES string of the molecule is COc1ccc([C@@H]2CCCCCN2C(=O)c2ccc(NC(=O)CSc3nccn3C)cc2)cc1. The van der Waals surface area contributed by atoms with Gasteiger partial charge in [-0.25, -0.2) is 4.98 Å². The molecule has 2 amide bonds. The Morgan fingerprint density at radius 3 is 2.53 bits per heavy atom. The van der Waals surface area contributed by atoms with Gasteiger partial charge in [-0.1, -0.05) is 36.7 Å². The van der Waals surface area contributed by atoms with Crippen molar-refractivity contribution in [2.24, 2.45) is 7.05 Å². The molecule has 0 unspecified atom stereocenters. The maximum Gasteiger partial charge on any atom is 0.254 e. The maximum atomic E-state index is 13.5. The highest BCUT2D eigenvalue weighted by Gasteiger charge is 2.27. The zero-order valence-corrected chi connectivity index (χ0v) is 20.4. The fourth-order valence-corrected chi connectivity index (χ4v) is 4.94. The smallest absolute Gasteiger partial charge is 0.254 e. The molecule has 0 aliphatic carbocycles. The van der Waals surface area contributed by atoms with E-state index in [2.05, 4.69) is 22.4 Å². The van der Waals surface area contributed by atoms with Gasteiger partial charge in [0.05, 0.1) is 18.9 Å². The number of imidazole rings is 1. The minimum atomic E-state index is -0.112. The van der Waals surface area contributed by atoms with Gasteiger partial charge in [-0.05, 0) is 54.8 Å². The second-order valence-electron chi connectivity index (χ2n) is 8.37. The lowest BCUT2D eigenvalue weighted by Crippen LogP contribution is -2.34. The predicted molar refractivity (Wildman–Crippen MR) is 134 cm³/mol. The minimum absolute atomic E-state index is 0.0194. The van der Waals surface area contributed by atoms with E-state index in [0.717, 1.165) is 48.7 Å². The van der Waals surface area contributed by atoms with Crippen molar-refractivity contribution in [1.82, 2.24) is 14.5 Å². The molecule has 0 bridgehead atoms. The lowest BCUT2D eigenvalue weighted by atomic mass is 10.00. The van der Waals surface area contributed by atoms with Gasteiger partial charge in [0.25, 0.3) is 5.91 Å². The van der Waals surface area contributed by atoms with Crippen LogP contribution in [-0.2, 0) is 11.8 Å². The molecule has 0 saturated carbocycles. The van der Waals surface area contributed by atoms with Crippen LogP contribution in [0.5, 0.6) is 5.75 Å². The predicted octanol–water partition coefficient (Wildman–Crippen LogP) is 4.92. The van der Waals surface area contributed by atoms with Crippen molar-refractivity contribution in [2.75, 3.05) is 24.7 Å². The van der Waals surface area contributed by atoms with Crippen LogP contribution >= 0.6 is 11.8 Å². The molecule has 0 spiro atoms. The number of rotatable bonds is 7. The van der Waals surface area contributed by atoms with E-state index in [4.69, 9.17) is 4.74 Å². The Balaban J connectivity index is 1.41. The van der Waals surface area contributed by atoms with Gasteiger partial charge in [0.2, 0.25) is 5.91 Å². The molecule has 3 aromatic rings. The Labute approximate surface area is 204 Å². The van der Waals surface area contributed by atoms with Crippen molar-refractivity contribution < 1.29 is 14.3 Å². The molecule has 2 heterocycles. The van der Waals surface area contributed by atoms with Crippen LogP contribution in [0.1, 0.15) is 47.6 Å². The first kappa shape index (κ1) is 23.9. The Bertz CT molecular complexity index is 1110. The Morgan fingerprint density at radius 1 is 1.09 bits per heavy atom. The number of nitrogens with one attached hydrogen (secondary N) is 1. The number of carbonyl (C=O) groups is 2. The Morgan fingerprint density at radius 2 is 1.85 bits per heavy atom. The molecule has 2 aromatic carbocycles. The number of aryl methyl sites for hydroxylation is 1. The van der Waals surface area contributed by atoms with E-state index in [-0.39, 0.29) is 23.6 Å². The Hall–Kier alpha value is -3.26. The molecule has 1 saturated heterocycles. The summed E-state index contributed by atoms with van der Waals surface area (Å²) in [4.78, 5) is 32.0. The first-order valence-electron chi connectivity index (χ1n) is 11.5. The first-order chi connectivity index (χ1) is 16.5. The summed E-state index contributed by atoms with van der Waals surface area (Å²) in [6.45, 7) is 0.735. The summed E-state index contributed by atoms with van der Waals surface area (Å²) < 4.78 is 7.16. The molecule has 0 radical (unpaired) electrons. The van der Waals surface area contributed by atoms with Gasteiger partial charge < -0.3 is 19.5 Å². The van der Waals surface area contributed by atoms with Crippen LogP contribution < -0.4 is 10.1 Å². The van der Waals surface area contributed by atoms with Crippen molar-refractivity contribution in [2.45, 2.75) is 36.9 Å². The number of aromatic nitrogens is 2. The van der Waals surface area contributed by atoms with E-state index in [1.807, 2.05) is 34.8 Å². The summed E-state index contributed by atoms with van der Waals surface area (Å²) in [6, 6.07) is 15.2. The summed E-state index contributed by atoms with van der Waals surface area (Å²) in [5, 5.41) is 3.68. The summed E-state index contributed by atoms with van der Waals surface area (Å²) in [5.41, 5.74) is 2.43. The third kappa shape index (κ3) is 5.80. The zero-order valence-electron chi connectivity index (χ0n) is 19.6. The molecule has 178 valence electrons. The van der Waals surface area contributed by atoms with Crippen LogP contribution in [0.4, 0.5) is 5.69 Å². The van der Waals surface area contributed by atoms with Crippen LogP contribution in [0.2, 0.25) is 0 Å². The van der Waals surface area contributed by atoms with Gasteiger partial charge in [0, 0.05) is 37.2 Å². The molecule has 1 aliphatic heterocycles. The number of thioether (sulfide) groups is 1. The average molecular weight is 479 g/mol. The molecule has 1 aromatic heterocycles. The number of methoxy groups -OCH3 is 1. The van der Waals surface area contributed by atoms with Crippen LogP contribution in [0.15, 0.2) is 66.1 Å². The summed E-state index contributed by atoms with van der Waals surface area (Å²) >= 11 is 1.38. The van der Waals surface area contributed by atoms with Crippen molar-refractivity contribution in [3.05, 3.63) is 72.1 Å². The average Bonchev–Trinajstić information content (AvgIpc) is 3.12. The summed E-state index contributed by atoms with van der Waals surface area (Å²) in [7, 11) is 3.55. The van der Waals surface area contributed by atoms with Crippen molar-refractivity contribution >= 4 is 29.3 Å². The number of carbonyl (C=O) groups excluding carboxylic acids is 2. The minimum Gasteiger partial charge on any atom is -0.497 e. The number of nitrogens with zero attached hydrogens (tertiary/aromatic N) is 3. The highest BCUT2D eigenvalue weighted by molar-refractivity contribution is 7.99. The van der Waals surface area contributed by atoms with Gasteiger partial charge in [-0.15, -0.1) is 0 Å². The van der Waals surface area contributed by atoms with Crippen LogP contribution in [0.25, 0.3) is 0 Å². The fraction of sp³-hybridized carbons (Fsp3) is 0.346. The highest BCUT2D eigenvalue weighted by atomic mass is 32.2. The maximum absolute atomic E-state index is 13.5. The van der Waals surface area contributed by atoms with E-state index in [1.54, 1.807) is 37.6 Å². The molecule has 8 heteroatoms. The van der Waals surface area contributed by atoms with E-state index < -0.39 is 0 Å². The van der Waals surface area contributed by atoms with Crippen molar-refractivity contribution in [3.63, 3.8) is 0 Å². The second kappa shape index (κ2) is 11.2. The summed E-state index contributed by atoms with van der Waals surface area (Å²) in [5.74, 6) is 0.986. The molecule has 1 N–H and O–H groups in total. The van der Waals surface area contributed by atoms with Crippen LogP contribution in [0, 0.1) is 0 Å². The Kier molecular flexibility index (Phi) is 7.90. The van der Waals surface area contributed by atoms with Gasteiger partial charge in [0.15, 0.2) is 5.16 Å². The lowest BCUT2D eigenvalue weighted by molar-refractivity contribution is -0.113. The topological polar surface area (TPSA) is 76.5 Å². The summed E-state index contributed by atoms with van der Waals surface area (Å²) in [6.07, 6.45) is 7.72. The van der Waals surface area contributed by atoms with Crippen LogP contribution in [-0.4, -0.2) is 45.7 Å². The van der Waals surface area contributed by atoms with Gasteiger partial charge in [0.1, 0.15) is 5.75 Å². The number of hydrogen-bond acceptors (Lipinski definition) is 5.